The number of carbonyl (C=O) groups is 1. The molecule has 0 aliphatic rings. The Morgan fingerprint density at radius 2 is 1.95 bits per heavy atom. The molecule has 0 aromatic carbocycles. The van der Waals surface area contributed by atoms with Crippen LogP contribution in [0.15, 0.2) is 17.3 Å². The Kier molecular flexibility index (Phi) is 6.31. The number of esters is 1. The summed E-state index contributed by atoms with van der Waals surface area (Å²) in [6, 6.07) is 0. The summed E-state index contributed by atoms with van der Waals surface area (Å²) < 4.78 is 30.5. The molecular weight excluding hydrogens is 306 g/mol. The maximum atomic E-state index is 12.4. The Labute approximate surface area is 123 Å². The van der Waals surface area contributed by atoms with Crippen molar-refractivity contribution in [2.45, 2.75) is 25.2 Å². The minimum Gasteiger partial charge on any atom is -0.465 e. The van der Waals surface area contributed by atoms with Crippen LogP contribution in [0.1, 0.15) is 20.3 Å². The number of carbonyl (C=O) groups excluding carboxylic acids is 1. The van der Waals surface area contributed by atoms with Crippen LogP contribution < -0.4 is 0 Å². The number of rotatable bonds is 7. The maximum Gasteiger partial charge on any atom is 0.321 e. The number of sulfonamides is 1. The quantitative estimate of drug-likeness (QED) is 0.551. The van der Waals surface area contributed by atoms with Crippen molar-refractivity contribution >= 4 is 27.6 Å². The predicted molar refractivity (Wildman–Crippen MR) is 72.7 cm³/mol. The molecular formula is C11H16ClN3O4S. The van der Waals surface area contributed by atoms with E-state index in [0.29, 0.717) is 6.42 Å². The van der Waals surface area contributed by atoms with Gasteiger partial charge in [0.25, 0.3) is 0 Å². The fourth-order valence-corrected chi connectivity index (χ4v) is 2.93. The maximum absolute atomic E-state index is 12.4. The largest absolute Gasteiger partial charge is 0.465 e. The minimum atomic E-state index is -3.84. The van der Waals surface area contributed by atoms with Crippen LogP contribution in [0.25, 0.3) is 0 Å². The zero-order chi connectivity index (χ0) is 15.2. The normalized spacial score (nSPS) is 11.6. The SMILES string of the molecule is CCCN(CC(=O)OCC)S(=O)(=O)c1cnc(Cl)nc1. The number of nitrogens with zero attached hydrogens (tertiary/aromatic N) is 3. The average Bonchev–Trinajstić information content (AvgIpc) is 2.39. The zero-order valence-electron chi connectivity index (χ0n) is 11.2. The van der Waals surface area contributed by atoms with Gasteiger partial charge in [-0.2, -0.15) is 4.31 Å². The first-order valence-electron chi connectivity index (χ1n) is 6.05. The van der Waals surface area contributed by atoms with Crippen LogP contribution >= 0.6 is 11.6 Å². The summed E-state index contributed by atoms with van der Waals surface area (Å²) in [5.41, 5.74) is 0. The van der Waals surface area contributed by atoms with Gasteiger partial charge >= 0.3 is 5.97 Å². The highest BCUT2D eigenvalue weighted by molar-refractivity contribution is 7.89. The highest BCUT2D eigenvalue weighted by Gasteiger charge is 2.27. The van der Waals surface area contributed by atoms with Crippen molar-refractivity contribution in [3.63, 3.8) is 0 Å². The van der Waals surface area contributed by atoms with Crippen molar-refractivity contribution in [2.24, 2.45) is 0 Å². The Morgan fingerprint density at radius 3 is 2.45 bits per heavy atom. The van der Waals surface area contributed by atoms with Crippen molar-refractivity contribution < 1.29 is 17.9 Å². The van der Waals surface area contributed by atoms with Crippen LogP contribution in [0, 0.1) is 0 Å². The summed E-state index contributed by atoms with van der Waals surface area (Å²) in [4.78, 5) is 18.6. The van der Waals surface area contributed by atoms with Crippen LogP contribution in [0.3, 0.4) is 0 Å². The molecule has 112 valence electrons. The molecule has 1 aromatic rings. The number of halogens is 1. The van der Waals surface area contributed by atoms with Crippen molar-refractivity contribution in [3.05, 3.63) is 17.7 Å². The van der Waals surface area contributed by atoms with Gasteiger partial charge in [-0.15, -0.1) is 0 Å². The lowest BCUT2D eigenvalue weighted by molar-refractivity contribution is -0.143. The van der Waals surface area contributed by atoms with E-state index in [2.05, 4.69) is 9.97 Å². The van der Waals surface area contributed by atoms with E-state index < -0.39 is 16.0 Å². The van der Waals surface area contributed by atoms with Crippen molar-refractivity contribution in [3.8, 4) is 0 Å². The molecule has 0 amide bonds. The molecule has 0 unspecified atom stereocenters. The van der Waals surface area contributed by atoms with Gasteiger partial charge in [0.1, 0.15) is 11.4 Å². The summed E-state index contributed by atoms with van der Waals surface area (Å²) >= 11 is 5.52. The number of hydrogen-bond acceptors (Lipinski definition) is 6. The second-order valence-corrected chi connectivity index (χ2v) is 6.11. The molecule has 1 heterocycles. The van der Waals surface area contributed by atoms with Gasteiger partial charge in [0, 0.05) is 6.54 Å². The van der Waals surface area contributed by atoms with Crippen molar-refractivity contribution in [2.75, 3.05) is 19.7 Å². The molecule has 1 aromatic heterocycles. The minimum absolute atomic E-state index is 0.0450. The zero-order valence-corrected chi connectivity index (χ0v) is 12.8. The molecule has 0 radical (unpaired) electrons. The molecule has 0 saturated carbocycles. The third-order valence-corrected chi connectivity index (χ3v) is 4.31. The average molecular weight is 322 g/mol. The van der Waals surface area contributed by atoms with Crippen LogP contribution in [0.5, 0.6) is 0 Å². The molecule has 0 spiro atoms. The van der Waals surface area contributed by atoms with Gasteiger partial charge in [0.05, 0.1) is 19.0 Å². The summed E-state index contributed by atoms with van der Waals surface area (Å²) in [5.74, 6) is -0.598. The number of hydrogen-bond donors (Lipinski definition) is 0. The van der Waals surface area contributed by atoms with E-state index in [1.165, 1.54) is 0 Å². The van der Waals surface area contributed by atoms with E-state index in [1.807, 2.05) is 6.92 Å². The smallest absolute Gasteiger partial charge is 0.321 e. The van der Waals surface area contributed by atoms with E-state index in [1.54, 1.807) is 6.92 Å². The summed E-state index contributed by atoms with van der Waals surface area (Å²) in [6.45, 7) is 3.52. The fourth-order valence-electron chi connectivity index (χ4n) is 1.47. The Morgan fingerprint density at radius 1 is 1.35 bits per heavy atom. The van der Waals surface area contributed by atoms with E-state index in [0.717, 1.165) is 16.7 Å². The van der Waals surface area contributed by atoms with Crippen LogP contribution in [-0.4, -0.2) is 48.4 Å². The van der Waals surface area contributed by atoms with Gasteiger partial charge in [0.2, 0.25) is 15.3 Å². The first-order chi connectivity index (χ1) is 9.41. The summed E-state index contributed by atoms with van der Waals surface area (Å²) in [7, 11) is -3.84. The molecule has 0 atom stereocenters. The fraction of sp³-hybridized carbons (Fsp3) is 0.545. The molecule has 7 nitrogen and oxygen atoms in total. The lowest BCUT2D eigenvalue weighted by Crippen LogP contribution is -2.37. The number of ether oxygens (including phenoxy) is 1. The third-order valence-electron chi connectivity index (χ3n) is 2.32. The molecule has 0 N–H and O–H groups in total. The third kappa shape index (κ3) is 4.39. The van der Waals surface area contributed by atoms with E-state index in [4.69, 9.17) is 16.3 Å². The molecule has 0 fully saturated rings. The Bertz CT molecular complexity index is 547. The van der Waals surface area contributed by atoms with Crippen LogP contribution in [0.4, 0.5) is 0 Å². The highest BCUT2D eigenvalue weighted by atomic mass is 35.5. The van der Waals surface area contributed by atoms with E-state index in [-0.39, 0.29) is 29.9 Å². The lowest BCUT2D eigenvalue weighted by Gasteiger charge is -2.20. The monoisotopic (exact) mass is 321 g/mol. The standard InChI is InChI=1S/C11H16ClN3O4S/c1-3-5-15(8-10(16)19-4-2)20(17,18)9-6-13-11(12)14-7-9/h6-7H,3-5,8H2,1-2H3. The first-order valence-corrected chi connectivity index (χ1v) is 7.87. The molecule has 0 aliphatic carbocycles. The number of aromatic nitrogens is 2. The van der Waals surface area contributed by atoms with Gasteiger partial charge < -0.3 is 4.74 Å². The van der Waals surface area contributed by atoms with E-state index >= 15 is 0 Å². The molecule has 1 rings (SSSR count). The predicted octanol–water partition coefficient (Wildman–Crippen LogP) is 1.09. The second-order valence-electron chi connectivity index (χ2n) is 3.83. The van der Waals surface area contributed by atoms with Gasteiger partial charge in [0.15, 0.2) is 0 Å². The molecule has 9 heteroatoms. The Hall–Kier alpha value is -1.25. The summed E-state index contributed by atoms with van der Waals surface area (Å²) in [5, 5.41) is -0.0450. The van der Waals surface area contributed by atoms with E-state index in [9.17, 15) is 13.2 Å². The molecule has 0 saturated heterocycles. The topological polar surface area (TPSA) is 89.5 Å². The lowest BCUT2D eigenvalue weighted by atomic mass is 10.5. The van der Waals surface area contributed by atoms with Crippen LogP contribution in [0.2, 0.25) is 5.28 Å². The van der Waals surface area contributed by atoms with Gasteiger partial charge in [-0.25, -0.2) is 18.4 Å². The summed E-state index contributed by atoms with van der Waals surface area (Å²) in [6.07, 6.45) is 2.78. The molecule has 0 bridgehead atoms. The van der Waals surface area contributed by atoms with Gasteiger partial charge in [-0.3, -0.25) is 4.79 Å². The second kappa shape index (κ2) is 7.51. The van der Waals surface area contributed by atoms with Crippen molar-refractivity contribution in [1.82, 2.24) is 14.3 Å². The van der Waals surface area contributed by atoms with Crippen LogP contribution in [-0.2, 0) is 19.6 Å². The Balaban J connectivity index is 2.99. The highest BCUT2D eigenvalue weighted by Crippen LogP contribution is 2.15. The van der Waals surface area contributed by atoms with Gasteiger partial charge in [-0.1, -0.05) is 6.92 Å². The van der Waals surface area contributed by atoms with Gasteiger partial charge in [-0.05, 0) is 24.9 Å². The van der Waals surface area contributed by atoms with Crippen molar-refractivity contribution in [1.29, 1.82) is 0 Å². The first kappa shape index (κ1) is 16.8. The molecule has 0 aliphatic heterocycles. The molecule has 20 heavy (non-hydrogen) atoms.